The zero-order chi connectivity index (χ0) is 18.7. The second kappa shape index (κ2) is 7.72. The predicted molar refractivity (Wildman–Crippen MR) is 102 cm³/mol. The molecule has 6 heteroatoms. The first kappa shape index (κ1) is 18.2. The van der Waals surface area contributed by atoms with E-state index in [4.69, 9.17) is 4.74 Å². The van der Waals surface area contributed by atoms with Gasteiger partial charge < -0.3 is 15.0 Å². The average molecular weight is 356 g/mol. The second-order valence-electron chi connectivity index (χ2n) is 6.57. The maximum absolute atomic E-state index is 12.1. The molecule has 0 unspecified atom stereocenters. The lowest BCUT2D eigenvalue weighted by molar-refractivity contribution is -0.148. The first-order valence-electron chi connectivity index (χ1n) is 9.16. The van der Waals surface area contributed by atoms with Crippen LogP contribution in [0.4, 0.5) is 17.1 Å². The Morgan fingerprint density at radius 2 is 1.77 bits per heavy atom. The molecule has 1 fully saturated rings. The number of hydrogen-bond donors (Lipinski definition) is 1. The van der Waals surface area contributed by atoms with Crippen LogP contribution in [-0.4, -0.2) is 25.7 Å². The summed E-state index contributed by atoms with van der Waals surface area (Å²) in [4.78, 5) is 37.9. The van der Waals surface area contributed by atoms with E-state index in [-0.39, 0.29) is 11.9 Å². The smallest absolute Gasteiger partial charge is 0.309 e. The molecule has 2 aromatic carbocycles. The Balaban J connectivity index is 1.70. The summed E-state index contributed by atoms with van der Waals surface area (Å²) in [6.07, 6.45) is 2.20. The molecule has 3 rings (SSSR count). The number of hydrogen-bond acceptors (Lipinski definition) is 6. The SMILES string of the molecule is CCOC(=O)C1CCN(c2c(Nc3ccc(CC)cc3)c(=O)c2=O)CC1. The molecule has 0 aromatic heterocycles. The third kappa shape index (κ3) is 3.49. The number of rotatable bonds is 6. The quantitative estimate of drug-likeness (QED) is 0.633. The van der Waals surface area contributed by atoms with E-state index in [2.05, 4.69) is 12.2 Å². The van der Waals surface area contributed by atoms with E-state index in [1.54, 1.807) is 6.92 Å². The van der Waals surface area contributed by atoms with Crippen LogP contribution in [0.1, 0.15) is 32.3 Å². The molecule has 1 saturated heterocycles. The van der Waals surface area contributed by atoms with Crippen molar-refractivity contribution in [1.29, 1.82) is 0 Å². The molecule has 1 N–H and O–H groups in total. The van der Waals surface area contributed by atoms with Crippen LogP contribution in [0.3, 0.4) is 0 Å². The van der Waals surface area contributed by atoms with Crippen molar-refractivity contribution >= 4 is 23.0 Å². The highest BCUT2D eigenvalue weighted by molar-refractivity contribution is 5.80. The van der Waals surface area contributed by atoms with Gasteiger partial charge in [-0.3, -0.25) is 14.4 Å². The zero-order valence-corrected chi connectivity index (χ0v) is 15.2. The van der Waals surface area contributed by atoms with E-state index in [0.717, 1.165) is 12.1 Å². The standard InChI is InChI=1S/C20H24N2O4/c1-3-13-5-7-15(8-6-13)21-16-17(19(24)18(16)23)22-11-9-14(10-12-22)20(25)26-4-2/h5-8,14,21H,3-4,9-12H2,1-2H3. The molecule has 0 saturated carbocycles. The van der Waals surface area contributed by atoms with Gasteiger partial charge in [0.25, 0.3) is 10.9 Å². The summed E-state index contributed by atoms with van der Waals surface area (Å²) in [5.41, 5.74) is 1.86. The molecule has 1 heterocycles. The number of nitrogens with zero attached hydrogens (tertiary/aromatic N) is 1. The predicted octanol–water partition coefficient (Wildman–Crippen LogP) is 2.37. The molecule has 1 aliphatic heterocycles. The van der Waals surface area contributed by atoms with Gasteiger partial charge in [-0.2, -0.15) is 0 Å². The first-order valence-corrected chi connectivity index (χ1v) is 9.16. The van der Waals surface area contributed by atoms with Crippen molar-refractivity contribution in [3.63, 3.8) is 0 Å². The highest BCUT2D eigenvalue weighted by atomic mass is 16.5. The van der Waals surface area contributed by atoms with E-state index in [1.165, 1.54) is 5.56 Å². The maximum Gasteiger partial charge on any atom is 0.309 e. The number of carbonyl (C=O) groups is 1. The van der Waals surface area contributed by atoms with Crippen molar-refractivity contribution in [3.8, 4) is 0 Å². The Hall–Kier alpha value is -2.63. The summed E-state index contributed by atoms with van der Waals surface area (Å²) in [5, 5.41) is 3.09. The molecule has 0 radical (unpaired) electrons. The largest absolute Gasteiger partial charge is 0.466 e. The number of carbonyl (C=O) groups excluding carboxylic acids is 1. The van der Waals surface area contributed by atoms with Crippen molar-refractivity contribution in [2.24, 2.45) is 5.92 Å². The Morgan fingerprint density at radius 1 is 1.12 bits per heavy atom. The summed E-state index contributed by atoms with van der Waals surface area (Å²) in [7, 11) is 0. The van der Waals surface area contributed by atoms with Crippen molar-refractivity contribution < 1.29 is 9.53 Å². The first-order chi connectivity index (χ1) is 12.5. The highest BCUT2D eigenvalue weighted by Crippen LogP contribution is 2.29. The molecule has 26 heavy (non-hydrogen) atoms. The third-order valence-corrected chi connectivity index (χ3v) is 4.95. The summed E-state index contributed by atoms with van der Waals surface area (Å²) in [6, 6.07) is 7.82. The molecule has 0 atom stereocenters. The minimum Gasteiger partial charge on any atom is -0.466 e. The van der Waals surface area contributed by atoms with Gasteiger partial charge in [0.2, 0.25) is 0 Å². The summed E-state index contributed by atoms with van der Waals surface area (Å²) >= 11 is 0. The van der Waals surface area contributed by atoms with Gasteiger partial charge in [-0.15, -0.1) is 0 Å². The van der Waals surface area contributed by atoms with Crippen molar-refractivity contribution in [2.45, 2.75) is 33.1 Å². The van der Waals surface area contributed by atoms with Crippen LogP contribution in [-0.2, 0) is 16.0 Å². The minimum absolute atomic E-state index is 0.129. The Kier molecular flexibility index (Phi) is 5.40. The minimum atomic E-state index is -0.480. The highest BCUT2D eigenvalue weighted by Gasteiger charge is 2.31. The molecule has 6 nitrogen and oxygen atoms in total. The fourth-order valence-corrected chi connectivity index (χ4v) is 3.36. The maximum atomic E-state index is 12.1. The number of ether oxygens (including phenoxy) is 1. The molecule has 0 bridgehead atoms. The van der Waals surface area contributed by atoms with Gasteiger partial charge in [0.1, 0.15) is 11.4 Å². The van der Waals surface area contributed by atoms with Gasteiger partial charge in [-0.1, -0.05) is 19.1 Å². The molecule has 0 amide bonds. The molecule has 0 aliphatic carbocycles. The number of benzene rings is 1. The van der Waals surface area contributed by atoms with Crippen LogP contribution >= 0.6 is 0 Å². The van der Waals surface area contributed by atoms with Crippen LogP contribution < -0.4 is 21.1 Å². The number of esters is 1. The summed E-state index contributed by atoms with van der Waals surface area (Å²) in [6.45, 7) is 5.39. The van der Waals surface area contributed by atoms with Gasteiger partial charge in [-0.25, -0.2) is 0 Å². The van der Waals surface area contributed by atoms with Crippen molar-refractivity contribution in [1.82, 2.24) is 0 Å². The van der Waals surface area contributed by atoms with E-state index >= 15 is 0 Å². The molecule has 2 aromatic rings. The second-order valence-corrected chi connectivity index (χ2v) is 6.57. The van der Waals surface area contributed by atoms with Crippen LogP contribution in [0.25, 0.3) is 0 Å². The fourth-order valence-electron chi connectivity index (χ4n) is 3.36. The van der Waals surface area contributed by atoms with E-state index < -0.39 is 10.9 Å². The molecule has 1 aliphatic rings. The van der Waals surface area contributed by atoms with Crippen molar-refractivity contribution in [3.05, 3.63) is 50.3 Å². The van der Waals surface area contributed by atoms with Gasteiger partial charge in [-0.05, 0) is 43.9 Å². The number of piperidine rings is 1. The average Bonchev–Trinajstić information content (AvgIpc) is 2.68. The molecular weight excluding hydrogens is 332 g/mol. The molecular formula is C20H24N2O4. The van der Waals surface area contributed by atoms with E-state index in [9.17, 15) is 14.4 Å². The van der Waals surface area contributed by atoms with Gasteiger partial charge in [0.05, 0.1) is 12.5 Å². The molecule has 0 spiro atoms. The lowest BCUT2D eigenvalue weighted by Crippen LogP contribution is -2.46. The zero-order valence-electron chi connectivity index (χ0n) is 15.2. The lowest BCUT2D eigenvalue weighted by Gasteiger charge is -2.34. The van der Waals surface area contributed by atoms with Crippen LogP contribution in [0.5, 0.6) is 0 Å². The topological polar surface area (TPSA) is 75.7 Å². The lowest BCUT2D eigenvalue weighted by atomic mass is 9.95. The van der Waals surface area contributed by atoms with E-state index in [1.807, 2.05) is 29.2 Å². The van der Waals surface area contributed by atoms with Gasteiger partial charge in [0.15, 0.2) is 0 Å². The van der Waals surface area contributed by atoms with E-state index in [0.29, 0.717) is 43.9 Å². The summed E-state index contributed by atoms with van der Waals surface area (Å²) in [5.74, 6) is -0.304. The van der Waals surface area contributed by atoms with Crippen LogP contribution in [0.2, 0.25) is 0 Å². The number of aryl methyl sites for hydroxylation is 1. The Bertz CT molecular complexity index is 842. The fraction of sp³-hybridized carbons (Fsp3) is 0.450. The van der Waals surface area contributed by atoms with Crippen LogP contribution in [0.15, 0.2) is 33.9 Å². The third-order valence-electron chi connectivity index (χ3n) is 4.95. The number of anilines is 3. The van der Waals surface area contributed by atoms with Gasteiger partial charge >= 0.3 is 5.97 Å². The van der Waals surface area contributed by atoms with Crippen molar-refractivity contribution in [2.75, 3.05) is 29.9 Å². The van der Waals surface area contributed by atoms with Gasteiger partial charge in [0, 0.05) is 18.8 Å². The Labute approximate surface area is 152 Å². The summed E-state index contributed by atoms with van der Waals surface area (Å²) < 4.78 is 5.07. The number of nitrogens with one attached hydrogen (secondary N) is 1. The Morgan fingerprint density at radius 3 is 2.35 bits per heavy atom. The van der Waals surface area contributed by atoms with Crippen LogP contribution in [0, 0.1) is 5.92 Å². The monoisotopic (exact) mass is 356 g/mol. The molecule has 138 valence electrons. The normalized spacial score (nSPS) is 15.2.